The van der Waals surface area contributed by atoms with Crippen LogP contribution in [0.5, 0.6) is 17.2 Å². The van der Waals surface area contributed by atoms with Crippen molar-refractivity contribution >= 4 is 55.7 Å². The summed E-state index contributed by atoms with van der Waals surface area (Å²) < 4.78 is 56.9. The number of nitrogens with one attached hydrogen (secondary N) is 1. The number of carbonyl (C=O) groups excluding carboxylic acids is 1. The van der Waals surface area contributed by atoms with E-state index in [0.29, 0.717) is 39.1 Å². The Labute approximate surface area is 247 Å². The van der Waals surface area contributed by atoms with E-state index in [4.69, 9.17) is 19.6 Å². The van der Waals surface area contributed by atoms with E-state index < -0.39 is 23.0 Å². The molecule has 1 fully saturated rings. The Hall–Kier alpha value is -3.32. The van der Waals surface area contributed by atoms with Crippen LogP contribution in [0.2, 0.25) is 0 Å². The lowest BCUT2D eigenvalue weighted by molar-refractivity contribution is -0.114. The van der Waals surface area contributed by atoms with Crippen LogP contribution in [-0.2, 0) is 4.79 Å². The molecule has 8 nitrogen and oxygen atoms in total. The molecular weight excluding hydrogens is 625 g/mol. The Bertz CT molecular complexity index is 1440. The average Bonchev–Trinajstić information content (AvgIpc) is 3.40. The number of amides is 1. The number of alkyl halides is 3. The fourth-order valence-electron chi connectivity index (χ4n) is 4.81. The van der Waals surface area contributed by atoms with Crippen LogP contribution in [0.1, 0.15) is 49.1 Å². The van der Waals surface area contributed by atoms with Crippen LogP contribution in [-0.4, -0.2) is 53.5 Å². The number of aliphatic imine (C=N–C) groups is 1. The van der Waals surface area contributed by atoms with E-state index in [9.17, 15) is 18.0 Å². The third-order valence-corrected chi connectivity index (χ3v) is 8.36. The van der Waals surface area contributed by atoms with E-state index >= 15 is 0 Å². The maximum atomic E-state index is 13.1. The molecule has 1 aliphatic carbocycles. The highest BCUT2D eigenvalue weighted by molar-refractivity contribution is 9.10. The van der Waals surface area contributed by atoms with Crippen molar-refractivity contribution in [1.82, 2.24) is 5.01 Å². The highest BCUT2D eigenvalue weighted by Crippen LogP contribution is 2.39. The van der Waals surface area contributed by atoms with Gasteiger partial charge in [-0.15, -0.1) is 0 Å². The van der Waals surface area contributed by atoms with Crippen molar-refractivity contribution in [3.05, 3.63) is 57.6 Å². The molecule has 2 aromatic carbocycles. The van der Waals surface area contributed by atoms with E-state index in [1.807, 2.05) is 12.1 Å². The summed E-state index contributed by atoms with van der Waals surface area (Å²) in [7, 11) is 1.45. The first-order chi connectivity index (χ1) is 19.6. The van der Waals surface area contributed by atoms with Crippen molar-refractivity contribution in [3.63, 3.8) is 0 Å². The fraction of sp³-hybridized carbons (Fsp3) is 0.357. The van der Waals surface area contributed by atoms with Gasteiger partial charge in [-0.2, -0.15) is 28.3 Å². The smallest absolute Gasteiger partial charge is 0.441 e. The quantitative estimate of drug-likeness (QED) is 0.241. The van der Waals surface area contributed by atoms with Crippen LogP contribution in [0.25, 0.3) is 6.08 Å². The molecule has 13 heteroatoms. The molecule has 0 atom stereocenters. The second-order valence-corrected chi connectivity index (χ2v) is 11.4. The molecule has 0 radical (unpaired) electrons. The molecule has 2 aromatic rings. The average molecular weight is 652 g/mol. The Morgan fingerprint density at radius 1 is 1.12 bits per heavy atom. The number of benzene rings is 2. The Morgan fingerprint density at radius 3 is 2.51 bits per heavy atom. The van der Waals surface area contributed by atoms with E-state index in [0.717, 1.165) is 5.75 Å². The van der Waals surface area contributed by atoms with Gasteiger partial charge in [-0.1, -0.05) is 31.4 Å². The summed E-state index contributed by atoms with van der Waals surface area (Å²) in [6.07, 6.45) is 3.00. The molecule has 5 rings (SSSR count). The zero-order chi connectivity index (χ0) is 29.1. The summed E-state index contributed by atoms with van der Waals surface area (Å²) in [5.41, 5.74) is 1.58. The maximum Gasteiger partial charge on any atom is 0.441 e. The predicted octanol–water partition coefficient (Wildman–Crippen LogP) is 7.14. The van der Waals surface area contributed by atoms with Gasteiger partial charge in [0.15, 0.2) is 17.3 Å². The Balaban J connectivity index is 1.23. The number of amidine groups is 2. The largest absolute Gasteiger partial charge is 0.493 e. The number of nitrogens with zero attached hydrogens (tertiary/aromatic N) is 3. The van der Waals surface area contributed by atoms with Crippen LogP contribution in [0.15, 0.2) is 56.5 Å². The summed E-state index contributed by atoms with van der Waals surface area (Å²) in [6.45, 7) is 0.525. The number of halogens is 4. The topological polar surface area (TPSA) is 96.6 Å². The number of hydrogen-bond acceptors (Lipinski definition) is 7. The van der Waals surface area contributed by atoms with Gasteiger partial charge in [0.2, 0.25) is 10.2 Å². The fourth-order valence-corrected chi connectivity index (χ4v) is 6.14. The first-order valence-corrected chi connectivity index (χ1v) is 14.6. The number of methoxy groups -OCH3 is 1. The molecule has 0 bridgehead atoms. The maximum absolute atomic E-state index is 13.1. The first kappa shape index (κ1) is 29.2. The number of ether oxygens (including phenoxy) is 3. The number of thioether (sulfide) groups is 1. The summed E-state index contributed by atoms with van der Waals surface area (Å²) in [5.74, 6) is 0.793. The minimum Gasteiger partial charge on any atom is -0.493 e. The molecule has 1 N–H and O–H groups in total. The van der Waals surface area contributed by atoms with E-state index in [1.54, 1.807) is 12.1 Å². The zero-order valence-corrected chi connectivity index (χ0v) is 24.4. The van der Waals surface area contributed by atoms with Gasteiger partial charge >= 0.3 is 6.18 Å². The Kier molecular flexibility index (Phi) is 8.74. The third kappa shape index (κ3) is 6.61. The van der Waals surface area contributed by atoms with Crippen LogP contribution in [0, 0.1) is 5.41 Å². The second-order valence-electron chi connectivity index (χ2n) is 9.56. The van der Waals surface area contributed by atoms with Gasteiger partial charge < -0.3 is 14.2 Å². The van der Waals surface area contributed by atoms with E-state index in [-0.39, 0.29) is 29.1 Å². The van der Waals surface area contributed by atoms with Gasteiger partial charge in [-0.25, -0.2) is 0 Å². The van der Waals surface area contributed by atoms with Gasteiger partial charge in [-0.3, -0.25) is 10.2 Å². The summed E-state index contributed by atoms with van der Waals surface area (Å²) >= 11 is 3.65. The molecule has 1 saturated carbocycles. The monoisotopic (exact) mass is 650 g/mol. The van der Waals surface area contributed by atoms with Crippen molar-refractivity contribution in [1.29, 1.82) is 5.41 Å². The minimum atomic E-state index is -4.71. The lowest BCUT2D eigenvalue weighted by Crippen LogP contribution is -2.35. The number of hydrazone groups is 1. The number of carbonyl (C=O) groups is 1. The van der Waals surface area contributed by atoms with E-state index in [1.165, 1.54) is 50.9 Å². The highest BCUT2D eigenvalue weighted by Gasteiger charge is 2.46. The summed E-state index contributed by atoms with van der Waals surface area (Å²) in [5, 5.41) is 10.9. The van der Waals surface area contributed by atoms with Gasteiger partial charge in [0.05, 0.1) is 17.2 Å². The SMILES string of the molecule is COc1cc(C=C2C(=N)N3N=C(C(F)(F)F)SC3=NC2=O)cc(Br)c1OCCOc1ccc(C2CCCCC2)cc1. The summed E-state index contributed by atoms with van der Waals surface area (Å²) in [4.78, 5) is 16.2. The van der Waals surface area contributed by atoms with Crippen LogP contribution in [0.3, 0.4) is 0 Å². The number of fused-ring (bicyclic) bond motifs is 1. The molecule has 3 aliphatic rings. The minimum absolute atomic E-state index is 0.200. The van der Waals surface area contributed by atoms with Gasteiger partial charge in [0, 0.05) is 0 Å². The molecule has 0 unspecified atom stereocenters. The first-order valence-electron chi connectivity index (χ1n) is 12.9. The molecule has 0 spiro atoms. The third-order valence-electron chi connectivity index (χ3n) is 6.81. The summed E-state index contributed by atoms with van der Waals surface area (Å²) in [6, 6.07) is 11.4. The van der Waals surface area contributed by atoms with Gasteiger partial charge in [0.25, 0.3) is 5.91 Å². The standard InChI is InChI=1S/C28H26BrF3N4O4S/c1-38-22-15-16(13-20-24(33)36-27(34-25(20)37)41-26(35-36)28(30,31)32)14-21(29)23(22)40-12-11-39-19-9-7-18(8-10-19)17-5-3-2-4-6-17/h7-10,13-15,17,33H,2-6,11-12H2,1H3. The molecule has 1 amide bonds. The molecule has 216 valence electrons. The van der Waals surface area contributed by atoms with Gasteiger partial charge in [-0.05, 0) is 87.9 Å². The Morgan fingerprint density at radius 2 is 1.83 bits per heavy atom. The van der Waals surface area contributed by atoms with Gasteiger partial charge in [0.1, 0.15) is 19.0 Å². The zero-order valence-electron chi connectivity index (χ0n) is 22.0. The lowest BCUT2D eigenvalue weighted by Gasteiger charge is -2.22. The molecule has 2 heterocycles. The van der Waals surface area contributed by atoms with Crippen molar-refractivity contribution < 1.29 is 32.2 Å². The molecule has 41 heavy (non-hydrogen) atoms. The van der Waals surface area contributed by atoms with Crippen LogP contribution in [0.4, 0.5) is 13.2 Å². The normalized spacial score (nSPS) is 18.8. The van der Waals surface area contributed by atoms with Crippen molar-refractivity contribution in [2.75, 3.05) is 20.3 Å². The number of hydrogen-bond donors (Lipinski definition) is 1. The van der Waals surface area contributed by atoms with Crippen LogP contribution >= 0.6 is 27.7 Å². The molecule has 0 aromatic heterocycles. The molecule has 0 saturated heterocycles. The van der Waals surface area contributed by atoms with E-state index in [2.05, 4.69) is 38.2 Å². The number of rotatable bonds is 8. The predicted molar refractivity (Wildman–Crippen MR) is 155 cm³/mol. The highest BCUT2D eigenvalue weighted by atomic mass is 79.9. The van der Waals surface area contributed by atoms with Crippen molar-refractivity contribution in [3.8, 4) is 17.2 Å². The van der Waals surface area contributed by atoms with Crippen molar-refractivity contribution in [2.45, 2.75) is 44.2 Å². The lowest BCUT2D eigenvalue weighted by atomic mass is 9.84. The second kappa shape index (κ2) is 12.3. The van der Waals surface area contributed by atoms with Crippen LogP contribution < -0.4 is 14.2 Å². The van der Waals surface area contributed by atoms with Crippen molar-refractivity contribution in [2.24, 2.45) is 10.1 Å². The molecule has 2 aliphatic heterocycles. The molecular formula is C28H26BrF3N4O4S.